The van der Waals surface area contributed by atoms with Gasteiger partial charge in [0.1, 0.15) is 0 Å². The summed E-state index contributed by atoms with van der Waals surface area (Å²) in [5, 5.41) is 0. The molecule has 1 saturated carbocycles. The van der Waals surface area contributed by atoms with E-state index < -0.39 is 0 Å². The molecule has 1 aliphatic rings. The van der Waals surface area contributed by atoms with Gasteiger partial charge in [0.2, 0.25) is 0 Å². The minimum atomic E-state index is 0.300. The van der Waals surface area contributed by atoms with Gasteiger partial charge in [-0.15, -0.1) is 0 Å². The van der Waals surface area contributed by atoms with Crippen molar-refractivity contribution in [3.05, 3.63) is 60.7 Å². The summed E-state index contributed by atoms with van der Waals surface area (Å²) >= 11 is 0.767. The molecule has 0 radical (unpaired) electrons. The van der Waals surface area contributed by atoms with Gasteiger partial charge >= 0.3 is 145 Å². The van der Waals surface area contributed by atoms with Crippen LogP contribution >= 0.6 is 0 Å². The molecule has 0 saturated heterocycles. The van der Waals surface area contributed by atoms with Crippen molar-refractivity contribution < 1.29 is 4.79 Å². The molecule has 1 fully saturated rings. The third-order valence-corrected chi connectivity index (χ3v) is 10.7. The van der Waals surface area contributed by atoms with Gasteiger partial charge in [-0.25, -0.2) is 0 Å². The first kappa shape index (κ1) is 16.0. The second kappa shape index (κ2) is 8.13. The van der Waals surface area contributed by atoms with E-state index in [1.165, 1.54) is 15.3 Å². The number of carbonyl (C=O) groups is 1. The zero-order valence-electron chi connectivity index (χ0n) is 12.5. The van der Waals surface area contributed by atoms with Gasteiger partial charge in [0, 0.05) is 0 Å². The molecule has 2 aromatic rings. The number of rotatable bonds is 5. The Balaban J connectivity index is 1.79. The van der Waals surface area contributed by atoms with E-state index in [0.717, 1.165) is 19.3 Å². The summed E-state index contributed by atoms with van der Waals surface area (Å²) in [7, 11) is 0. The average Bonchev–Trinajstić information content (AvgIpc) is 2.57. The van der Waals surface area contributed by atoms with Crippen molar-refractivity contribution in [3.8, 4) is 0 Å². The van der Waals surface area contributed by atoms with Gasteiger partial charge in [-0.05, 0) is 0 Å². The van der Waals surface area contributed by atoms with Crippen molar-refractivity contribution in [1.29, 1.82) is 0 Å². The molecule has 0 amide bonds. The van der Waals surface area contributed by atoms with Crippen molar-refractivity contribution in [2.45, 2.75) is 29.4 Å². The molecular weight excluding hydrogens is 402 g/mol. The van der Waals surface area contributed by atoms with Crippen LogP contribution in [0.15, 0.2) is 60.7 Å². The van der Waals surface area contributed by atoms with Gasteiger partial charge < -0.3 is 0 Å². The van der Waals surface area contributed by atoms with Gasteiger partial charge in [0.25, 0.3) is 0 Å². The minimum absolute atomic E-state index is 0.300. The maximum absolute atomic E-state index is 12.4. The zero-order chi connectivity index (χ0) is 15.2. The van der Waals surface area contributed by atoms with Gasteiger partial charge in [-0.3, -0.25) is 0 Å². The molecule has 0 aromatic heterocycles. The second-order valence-corrected chi connectivity index (χ2v) is 12.2. The van der Waals surface area contributed by atoms with E-state index in [4.69, 9.17) is 0 Å². The monoisotopic (exact) mass is 424 g/mol. The molecule has 22 heavy (non-hydrogen) atoms. The molecule has 0 spiro atoms. The molecule has 3 heteroatoms. The van der Waals surface area contributed by atoms with Crippen molar-refractivity contribution in [3.63, 3.8) is 0 Å². The van der Waals surface area contributed by atoms with Crippen LogP contribution in [0.2, 0.25) is 3.71 Å². The third kappa shape index (κ3) is 4.33. The van der Waals surface area contributed by atoms with Crippen LogP contribution in [0.1, 0.15) is 25.7 Å². The Hall–Kier alpha value is -0.851. The van der Waals surface area contributed by atoms with Crippen molar-refractivity contribution in [1.82, 2.24) is 0 Å². The van der Waals surface area contributed by atoms with E-state index in [0.29, 0.717) is 45.3 Å². The molecule has 114 valence electrons. The SMILES string of the molecule is O=C1CCCCC1C([Se]c1ccccc1)[Se]c1ccccc1. The third-order valence-electron chi connectivity index (χ3n) is 3.92. The van der Waals surface area contributed by atoms with E-state index in [1.54, 1.807) is 0 Å². The number of Topliss-reactive ketones (excluding diaryl/α,β-unsaturated/α-hetero) is 1. The summed E-state index contributed by atoms with van der Waals surface area (Å²) in [4.78, 5) is 12.4. The molecule has 1 unspecified atom stereocenters. The van der Waals surface area contributed by atoms with Gasteiger partial charge in [0.15, 0.2) is 0 Å². The van der Waals surface area contributed by atoms with E-state index in [9.17, 15) is 4.79 Å². The van der Waals surface area contributed by atoms with Crippen molar-refractivity contribution in [2.75, 3.05) is 0 Å². The maximum atomic E-state index is 12.4. The Morgan fingerprint density at radius 3 is 1.86 bits per heavy atom. The molecule has 0 aliphatic heterocycles. The van der Waals surface area contributed by atoms with E-state index in [-0.39, 0.29) is 0 Å². The predicted molar refractivity (Wildman–Crippen MR) is 94.4 cm³/mol. The molecule has 0 heterocycles. The molecule has 1 atom stereocenters. The standard InChI is InChI=1S/C19H20OSe2/c20-18-14-8-7-13-17(18)19(21-15-9-3-1-4-10-15)22-16-11-5-2-6-12-16/h1-6,9-12,17,19H,7-8,13-14H2. The molecule has 0 bridgehead atoms. The van der Waals surface area contributed by atoms with Crippen LogP contribution in [0.25, 0.3) is 0 Å². The fraction of sp³-hybridized carbons (Fsp3) is 0.316. The van der Waals surface area contributed by atoms with Crippen LogP contribution in [-0.2, 0) is 4.79 Å². The summed E-state index contributed by atoms with van der Waals surface area (Å²) < 4.78 is 3.41. The van der Waals surface area contributed by atoms with E-state index >= 15 is 0 Å². The van der Waals surface area contributed by atoms with Crippen LogP contribution in [0, 0.1) is 5.92 Å². The fourth-order valence-electron chi connectivity index (χ4n) is 2.75. The fourth-order valence-corrected chi connectivity index (χ4v) is 10.1. The van der Waals surface area contributed by atoms with Crippen LogP contribution in [0.4, 0.5) is 0 Å². The Morgan fingerprint density at radius 1 is 0.818 bits per heavy atom. The van der Waals surface area contributed by atoms with E-state index in [1.807, 2.05) is 0 Å². The molecule has 1 aliphatic carbocycles. The number of ketones is 1. The summed E-state index contributed by atoms with van der Waals surface area (Å²) in [6.45, 7) is 0. The molecule has 2 aromatic carbocycles. The molecule has 3 rings (SSSR count). The quantitative estimate of drug-likeness (QED) is 0.678. The second-order valence-electron chi connectivity index (χ2n) is 5.55. The number of hydrogen-bond acceptors (Lipinski definition) is 1. The van der Waals surface area contributed by atoms with Gasteiger partial charge in [-0.1, -0.05) is 0 Å². The van der Waals surface area contributed by atoms with Crippen LogP contribution < -0.4 is 8.92 Å². The first-order chi connectivity index (χ1) is 10.8. The average molecular weight is 422 g/mol. The zero-order valence-corrected chi connectivity index (χ0v) is 15.9. The summed E-state index contributed by atoms with van der Waals surface area (Å²) in [5.74, 6) is 0.820. The predicted octanol–water partition coefficient (Wildman–Crippen LogP) is 2.55. The first-order valence-corrected chi connectivity index (χ1v) is 11.5. The van der Waals surface area contributed by atoms with Crippen LogP contribution in [0.3, 0.4) is 0 Å². The number of benzene rings is 2. The summed E-state index contributed by atoms with van der Waals surface area (Å²) in [5.41, 5.74) is 0. The van der Waals surface area contributed by atoms with Crippen LogP contribution in [-0.4, -0.2) is 35.7 Å². The Bertz CT molecular complexity index is 556. The normalized spacial score (nSPS) is 18.6. The first-order valence-electron chi connectivity index (χ1n) is 7.79. The Morgan fingerprint density at radius 2 is 1.36 bits per heavy atom. The van der Waals surface area contributed by atoms with Crippen LogP contribution in [0.5, 0.6) is 0 Å². The van der Waals surface area contributed by atoms with Gasteiger partial charge in [-0.2, -0.15) is 0 Å². The Labute approximate surface area is 145 Å². The van der Waals surface area contributed by atoms with Gasteiger partial charge in [0.05, 0.1) is 0 Å². The topological polar surface area (TPSA) is 17.1 Å². The summed E-state index contributed by atoms with van der Waals surface area (Å²) in [6, 6.07) is 21.5. The van der Waals surface area contributed by atoms with Crippen molar-refractivity contribution >= 4 is 44.6 Å². The number of carbonyl (C=O) groups excluding carboxylic acids is 1. The summed E-state index contributed by atoms with van der Waals surface area (Å²) in [6.07, 6.45) is 4.23. The Kier molecular flexibility index (Phi) is 5.92. The molecule has 0 N–H and O–H groups in total. The number of hydrogen-bond donors (Lipinski definition) is 0. The molecule has 1 nitrogen and oxygen atoms in total. The molecular formula is C19H20OSe2. The van der Waals surface area contributed by atoms with E-state index in [2.05, 4.69) is 60.7 Å². The van der Waals surface area contributed by atoms with Crippen molar-refractivity contribution in [2.24, 2.45) is 5.92 Å².